The third-order valence-corrected chi connectivity index (χ3v) is 1.55. The van der Waals surface area contributed by atoms with Crippen LogP contribution < -0.4 is 5.73 Å². The Bertz CT molecular complexity index is 513. The zero-order valence-electron chi connectivity index (χ0n) is 12.8. The molecule has 2 nitrogen and oxygen atoms in total. The SMILES string of the molecule is [2H]C([2H])([2H])c1cc(C=CC#N)cc(C([2H])([2H])[2H])c1N. The molecule has 0 heterocycles. The lowest BCUT2D eigenvalue weighted by molar-refractivity contribution is 1.38. The van der Waals surface area contributed by atoms with Crippen LogP contribution in [0.4, 0.5) is 5.69 Å². The standard InChI is InChI=1S/C11H12N2/c1-8-6-10(4-3-5-12)7-9(2)11(8)13/h3-4,6-7H,13H2,1-2H3/i1D3,2D3. The molecule has 1 rings (SSSR count). The molecule has 0 aliphatic rings. The van der Waals surface area contributed by atoms with E-state index in [9.17, 15) is 0 Å². The first-order valence-corrected chi connectivity index (χ1v) is 3.58. The molecule has 0 bridgehead atoms. The van der Waals surface area contributed by atoms with Gasteiger partial charge in [-0.15, -0.1) is 0 Å². The van der Waals surface area contributed by atoms with Crippen LogP contribution in [0.1, 0.15) is 24.9 Å². The van der Waals surface area contributed by atoms with Gasteiger partial charge in [0.2, 0.25) is 0 Å². The number of benzene rings is 1. The highest BCUT2D eigenvalue weighted by Gasteiger charge is 1.98. The maximum absolute atomic E-state index is 8.46. The quantitative estimate of drug-likeness (QED) is 0.530. The zero-order valence-corrected chi connectivity index (χ0v) is 6.83. The van der Waals surface area contributed by atoms with Crippen LogP contribution in [0.2, 0.25) is 0 Å². The fraction of sp³-hybridized carbons (Fsp3) is 0.182. The van der Waals surface area contributed by atoms with Crippen molar-refractivity contribution in [2.75, 3.05) is 5.73 Å². The third kappa shape index (κ3) is 2.09. The molecule has 2 N–H and O–H groups in total. The summed E-state index contributed by atoms with van der Waals surface area (Å²) in [6.07, 6.45) is 2.47. The Hall–Kier alpha value is -1.75. The number of anilines is 1. The van der Waals surface area contributed by atoms with Crippen LogP contribution in [0.15, 0.2) is 18.2 Å². The average molecular weight is 178 g/mol. The largest absolute Gasteiger partial charge is 0.398 e. The van der Waals surface area contributed by atoms with E-state index in [-0.39, 0.29) is 16.8 Å². The molecule has 0 amide bonds. The fourth-order valence-electron chi connectivity index (χ4n) is 0.905. The first kappa shape index (κ1) is 3.97. The van der Waals surface area contributed by atoms with Gasteiger partial charge >= 0.3 is 0 Å². The molecule has 1 aromatic carbocycles. The maximum atomic E-state index is 8.46. The predicted molar refractivity (Wildman–Crippen MR) is 55.0 cm³/mol. The Morgan fingerprint density at radius 2 is 2.08 bits per heavy atom. The van der Waals surface area contributed by atoms with Crippen LogP contribution in [0.3, 0.4) is 0 Å². The molecule has 13 heavy (non-hydrogen) atoms. The van der Waals surface area contributed by atoms with E-state index in [0.29, 0.717) is 5.56 Å². The van der Waals surface area contributed by atoms with Crippen LogP contribution in [0.5, 0.6) is 0 Å². The predicted octanol–water partition coefficient (Wildman–Crippen LogP) is 2.42. The van der Waals surface area contributed by atoms with Crippen molar-refractivity contribution in [1.29, 1.82) is 5.26 Å². The smallest absolute Gasteiger partial charge is 0.0912 e. The summed E-state index contributed by atoms with van der Waals surface area (Å²) in [4.78, 5) is 0. The molecule has 0 unspecified atom stereocenters. The second kappa shape index (κ2) is 3.77. The summed E-state index contributed by atoms with van der Waals surface area (Å²) in [5.74, 6) is 0. The van der Waals surface area contributed by atoms with Crippen LogP contribution in [-0.2, 0) is 0 Å². The minimum Gasteiger partial charge on any atom is -0.398 e. The monoisotopic (exact) mass is 178 g/mol. The van der Waals surface area contributed by atoms with Crippen molar-refractivity contribution < 1.29 is 8.22 Å². The number of rotatable bonds is 1. The third-order valence-electron chi connectivity index (χ3n) is 1.55. The highest BCUT2D eigenvalue weighted by atomic mass is 14.6. The van der Waals surface area contributed by atoms with Gasteiger partial charge < -0.3 is 5.73 Å². The van der Waals surface area contributed by atoms with E-state index < -0.39 is 13.7 Å². The number of hydrogen-bond donors (Lipinski definition) is 1. The number of nitrogen functional groups attached to an aromatic ring is 1. The van der Waals surface area contributed by atoms with Gasteiger partial charge in [-0.3, -0.25) is 0 Å². The normalized spacial score (nSPS) is 19.0. The molecular formula is C11H12N2. The number of nitriles is 1. The molecule has 0 aromatic heterocycles. The van der Waals surface area contributed by atoms with Gasteiger partial charge in [-0.25, -0.2) is 0 Å². The van der Waals surface area contributed by atoms with Gasteiger partial charge in [0.15, 0.2) is 0 Å². The molecule has 1 aromatic rings. The fourth-order valence-corrected chi connectivity index (χ4v) is 0.905. The number of aryl methyl sites for hydroxylation is 2. The van der Waals surface area contributed by atoms with E-state index in [4.69, 9.17) is 19.2 Å². The molecule has 0 fully saturated rings. The maximum Gasteiger partial charge on any atom is 0.0912 e. The van der Waals surface area contributed by atoms with E-state index in [1.165, 1.54) is 18.2 Å². The second-order valence-electron chi connectivity index (χ2n) is 2.49. The Morgan fingerprint density at radius 1 is 1.46 bits per heavy atom. The Labute approximate surface area is 86.7 Å². The van der Waals surface area contributed by atoms with E-state index in [1.54, 1.807) is 6.07 Å². The van der Waals surface area contributed by atoms with Gasteiger partial charge in [0.1, 0.15) is 0 Å². The van der Waals surface area contributed by atoms with Crippen molar-refractivity contribution >= 4 is 11.8 Å². The van der Waals surface area contributed by atoms with Crippen molar-refractivity contribution in [3.8, 4) is 6.07 Å². The summed E-state index contributed by atoms with van der Waals surface area (Å²) < 4.78 is 44.2. The van der Waals surface area contributed by atoms with Gasteiger partial charge in [-0.05, 0) is 48.6 Å². The molecule has 0 saturated heterocycles. The molecule has 0 aliphatic carbocycles. The number of allylic oxidation sites excluding steroid dienone is 1. The van der Waals surface area contributed by atoms with Crippen LogP contribution >= 0.6 is 0 Å². The summed E-state index contributed by atoms with van der Waals surface area (Å²) >= 11 is 0. The topological polar surface area (TPSA) is 49.8 Å². The lowest BCUT2D eigenvalue weighted by Crippen LogP contribution is -1.93. The molecule has 0 saturated carbocycles. The molecular weight excluding hydrogens is 160 g/mol. The lowest BCUT2D eigenvalue weighted by Gasteiger charge is -2.05. The molecule has 0 radical (unpaired) electrons. The average Bonchev–Trinajstić information content (AvgIpc) is 2.24. The summed E-state index contributed by atoms with van der Waals surface area (Å²) in [6.45, 7) is -5.03. The molecule has 0 atom stereocenters. The minimum atomic E-state index is -2.51. The van der Waals surface area contributed by atoms with E-state index >= 15 is 0 Å². The lowest BCUT2D eigenvalue weighted by atomic mass is 10.0. The summed E-state index contributed by atoms with van der Waals surface area (Å²) in [5.41, 5.74) is 5.25. The van der Waals surface area contributed by atoms with Crippen LogP contribution in [0.25, 0.3) is 6.08 Å². The van der Waals surface area contributed by atoms with E-state index in [0.717, 1.165) is 6.08 Å². The number of nitrogens with two attached hydrogens (primary N) is 1. The highest BCUT2D eigenvalue weighted by Crippen LogP contribution is 2.19. The van der Waals surface area contributed by atoms with Gasteiger partial charge in [0.25, 0.3) is 0 Å². The van der Waals surface area contributed by atoms with Gasteiger partial charge in [0, 0.05) is 20.0 Å². The molecule has 0 aliphatic heterocycles. The molecule has 2 heteroatoms. The van der Waals surface area contributed by atoms with Crippen LogP contribution in [0, 0.1) is 25.0 Å². The second-order valence-corrected chi connectivity index (χ2v) is 2.49. The van der Waals surface area contributed by atoms with Crippen molar-refractivity contribution in [2.45, 2.75) is 13.7 Å². The van der Waals surface area contributed by atoms with E-state index in [1.807, 2.05) is 0 Å². The number of nitrogens with zero attached hydrogens (tertiary/aromatic N) is 1. The van der Waals surface area contributed by atoms with Gasteiger partial charge in [-0.1, -0.05) is 0 Å². The zero-order chi connectivity index (χ0) is 14.8. The number of hydrogen-bond acceptors (Lipinski definition) is 2. The van der Waals surface area contributed by atoms with Crippen molar-refractivity contribution in [3.63, 3.8) is 0 Å². The first-order valence-electron chi connectivity index (χ1n) is 6.58. The van der Waals surface area contributed by atoms with E-state index in [2.05, 4.69) is 0 Å². The van der Waals surface area contributed by atoms with Crippen molar-refractivity contribution in [2.24, 2.45) is 0 Å². The van der Waals surface area contributed by atoms with Gasteiger partial charge in [-0.2, -0.15) is 5.26 Å². The highest BCUT2D eigenvalue weighted by molar-refractivity contribution is 5.62. The van der Waals surface area contributed by atoms with Crippen molar-refractivity contribution in [3.05, 3.63) is 34.9 Å². The van der Waals surface area contributed by atoms with Crippen LogP contribution in [-0.4, -0.2) is 0 Å². The summed E-state index contributed by atoms with van der Waals surface area (Å²) in [5, 5.41) is 8.46. The summed E-state index contributed by atoms with van der Waals surface area (Å²) in [6, 6.07) is 4.29. The molecule has 0 spiro atoms. The van der Waals surface area contributed by atoms with Gasteiger partial charge in [0.05, 0.1) is 6.07 Å². The Morgan fingerprint density at radius 3 is 2.54 bits per heavy atom. The first-order chi connectivity index (χ1) is 8.57. The Kier molecular flexibility index (Phi) is 1.15. The Balaban J connectivity index is 3.58. The summed E-state index contributed by atoms with van der Waals surface area (Å²) in [7, 11) is 0. The molecule has 66 valence electrons. The van der Waals surface area contributed by atoms with Crippen molar-refractivity contribution in [1.82, 2.24) is 0 Å². The minimum absolute atomic E-state index is 0.223.